The number of benzene rings is 2. The molecule has 0 spiro atoms. The topological polar surface area (TPSA) is 121 Å². The van der Waals surface area contributed by atoms with Crippen molar-refractivity contribution in [3.05, 3.63) is 66.0 Å². The summed E-state index contributed by atoms with van der Waals surface area (Å²) in [5, 5.41) is 13.0. The summed E-state index contributed by atoms with van der Waals surface area (Å²) in [6.07, 6.45) is 4.90. The number of H-pyrrole nitrogens is 1. The van der Waals surface area contributed by atoms with Crippen LogP contribution in [-0.4, -0.2) is 52.1 Å². The summed E-state index contributed by atoms with van der Waals surface area (Å²) in [4.78, 5) is 17.4. The van der Waals surface area contributed by atoms with E-state index in [2.05, 4.69) is 25.7 Å². The first-order valence-electron chi connectivity index (χ1n) is 11.7. The standard InChI is InChI=1S/C25H25FN6O3S/c1-32(18-5-3-2-4-6-18)36(34,35)19-10-8-17(9-11-19)27-25(33)20-15-16(7-12-21(20)26)22-13-14-23-24(28-22)30-31-29-23/h7-15,18H,2-6H2,1H3,(H,27,33)(H,28,29,30,31). The lowest BCUT2D eigenvalue weighted by molar-refractivity contribution is 0.102. The molecule has 0 aliphatic heterocycles. The molecular formula is C25H25FN6O3S. The number of pyridine rings is 1. The summed E-state index contributed by atoms with van der Waals surface area (Å²) in [6, 6.07) is 13.5. The molecule has 2 aromatic carbocycles. The number of halogens is 1. The third kappa shape index (κ3) is 4.71. The fourth-order valence-corrected chi connectivity index (χ4v) is 5.89. The molecule has 0 atom stereocenters. The lowest BCUT2D eigenvalue weighted by Crippen LogP contribution is -2.38. The summed E-state index contributed by atoms with van der Waals surface area (Å²) in [5.41, 5.74) is 2.25. The molecule has 186 valence electrons. The fraction of sp³-hybridized carbons (Fsp3) is 0.280. The van der Waals surface area contributed by atoms with E-state index in [0.717, 1.165) is 32.1 Å². The van der Waals surface area contributed by atoms with Crippen molar-refractivity contribution in [2.24, 2.45) is 0 Å². The van der Waals surface area contributed by atoms with Crippen LogP contribution in [0.25, 0.3) is 22.4 Å². The van der Waals surface area contributed by atoms with Gasteiger partial charge in [0.25, 0.3) is 5.91 Å². The van der Waals surface area contributed by atoms with Crippen LogP contribution < -0.4 is 5.32 Å². The quantitative estimate of drug-likeness (QED) is 0.399. The fourth-order valence-electron chi connectivity index (χ4n) is 4.47. The number of carbonyl (C=O) groups is 1. The van der Waals surface area contributed by atoms with Crippen LogP contribution in [0, 0.1) is 5.82 Å². The van der Waals surface area contributed by atoms with Gasteiger partial charge in [-0.1, -0.05) is 19.3 Å². The molecule has 2 aromatic heterocycles. The minimum Gasteiger partial charge on any atom is -0.322 e. The molecule has 2 N–H and O–H groups in total. The van der Waals surface area contributed by atoms with Crippen molar-refractivity contribution in [2.75, 3.05) is 12.4 Å². The molecular weight excluding hydrogens is 483 g/mol. The van der Waals surface area contributed by atoms with E-state index in [0.29, 0.717) is 28.1 Å². The maximum absolute atomic E-state index is 14.5. The van der Waals surface area contributed by atoms with Crippen molar-refractivity contribution in [1.82, 2.24) is 24.7 Å². The number of anilines is 1. The smallest absolute Gasteiger partial charge is 0.258 e. The van der Waals surface area contributed by atoms with Gasteiger partial charge in [-0.05, 0) is 67.4 Å². The normalized spacial score (nSPS) is 14.9. The second kappa shape index (κ2) is 9.75. The number of nitrogens with zero attached hydrogens (tertiary/aromatic N) is 4. The maximum atomic E-state index is 14.5. The van der Waals surface area contributed by atoms with E-state index in [1.807, 2.05) is 0 Å². The average Bonchev–Trinajstić information content (AvgIpc) is 3.37. The lowest BCUT2D eigenvalue weighted by atomic mass is 9.96. The van der Waals surface area contributed by atoms with Crippen LogP contribution >= 0.6 is 0 Å². The van der Waals surface area contributed by atoms with Gasteiger partial charge in [-0.2, -0.15) is 14.6 Å². The summed E-state index contributed by atoms with van der Waals surface area (Å²) in [6.45, 7) is 0. The van der Waals surface area contributed by atoms with Crippen LogP contribution in [0.5, 0.6) is 0 Å². The van der Waals surface area contributed by atoms with E-state index >= 15 is 0 Å². The molecule has 0 radical (unpaired) electrons. The van der Waals surface area contributed by atoms with Crippen LogP contribution in [0.3, 0.4) is 0 Å². The van der Waals surface area contributed by atoms with Gasteiger partial charge in [0.1, 0.15) is 11.3 Å². The van der Waals surface area contributed by atoms with Crippen LogP contribution in [0.15, 0.2) is 59.5 Å². The SMILES string of the molecule is CN(C1CCCCC1)S(=O)(=O)c1ccc(NC(=O)c2cc(-c3ccc4n[nH]nc4n3)ccc2F)cc1. The van der Waals surface area contributed by atoms with E-state index in [1.54, 1.807) is 19.2 Å². The van der Waals surface area contributed by atoms with Crippen molar-refractivity contribution in [2.45, 2.75) is 43.0 Å². The van der Waals surface area contributed by atoms with Crippen LogP contribution in [0.2, 0.25) is 0 Å². The number of rotatable bonds is 6. The van der Waals surface area contributed by atoms with Crippen molar-refractivity contribution in [3.63, 3.8) is 0 Å². The molecule has 2 heterocycles. The van der Waals surface area contributed by atoms with E-state index in [4.69, 9.17) is 0 Å². The third-order valence-electron chi connectivity index (χ3n) is 6.57. The van der Waals surface area contributed by atoms with E-state index in [1.165, 1.54) is 46.8 Å². The van der Waals surface area contributed by atoms with Crippen molar-refractivity contribution >= 4 is 32.8 Å². The molecule has 9 nitrogen and oxygen atoms in total. The van der Waals surface area contributed by atoms with Gasteiger partial charge in [0.05, 0.1) is 16.2 Å². The average molecular weight is 509 g/mol. The van der Waals surface area contributed by atoms with Gasteiger partial charge in [-0.15, -0.1) is 5.10 Å². The summed E-state index contributed by atoms with van der Waals surface area (Å²) in [7, 11) is -2.03. The number of aromatic nitrogens is 4. The second-order valence-electron chi connectivity index (χ2n) is 8.85. The van der Waals surface area contributed by atoms with Gasteiger partial charge < -0.3 is 5.32 Å². The minimum absolute atomic E-state index is 0.00197. The maximum Gasteiger partial charge on any atom is 0.258 e. The van der Waals surface area contributed by atoms with Crippen LogP contribution in [0.1, 0.15) is 42.5 Å². The van der Waals surface area contributed by atoms with Gasteiger partial charge in [-0.3, -0.25) is 4.79 Å². The highest BCUT2D eigenvalue weighted by Gasteiger charge is 2.29. The first kappa shape index (κ1) is 24.0. The molecule has 1 aliphatic carbocycles. The van der Waals surface area contributed by atoms with E-state index in [9.17, 15) is 17.6 Å². The van der Waals surface area contributed by atoms with Crippen LogP contribution in [-0.2, 0) is 10.0 Å². The summed E-state index contributed by atoms with van der Waals surface area (Å²) in [5.74, 6) is -1.35. The lowest BCUT2D eigenvalue weighted by Gasteiger charge is -2.30. The second-order valence-corrected chi connectivity index (χ2v) is 10.8. The molecule has 1 amide bonds. The molecule has 0 unspecified atom stereocenters. The zero-order valence-electron chi connectivity index (χ0n) is 19.6. The number of fused-ring (bicyclic) bond motifs is 1. The Bertz CT molecular complexity index is 1510. The Labute approximate surface area is 207 Å². The molecule has 1 fully saturated rings. The molecule has 5 rings (SSSR count). The highest BCUT2D eigenvalue weighted by atomic mass is 32.2. The molecule has 1 saturated carbocycles. The number of aromatic amines is 1. The Morgan fingerprint density at radius 2 is 1.78 bits per heavy atom. The Hall–Kier alpha value is -3.70. The zero-order valence-corrected chi connectivity index (χ0v) is 20.4. The molecule has 0 saturated heterocycles. The number of nitrogens with one attached hydrogen (secondary N) is 2. The van der Waals surface area contributed by atoms with Gasteiger partial charge in [0, 0.05) is 24.3 Å². The predicted molar refractivity (Wildman–Crippen MR) is 133 cm³/mol. The van der Waals surface area contributed by atoms with E-state index in [-0.39, 0.29) is 16.5 Å². The largest absolute Gasteiger partial charge is 0.322 e. The number of hydrogen-bond acceptors (Lipinski definition) is 6. The Kier molecular flexibility index (Phi) is 6.50. The molecule has 4 aromatic rings. The number of amides is 1. The zero-order chi connectivity index (χ0) is 25.3. The first-order valence-corrected chi connectivity index (χ1v) is 13.1. The highest BCUT2D eigenvalue weighted by Crippen LogP contribution is 2.27. The summed E-state index contributed by atoms with van der Waals surface area (Å²) < 4.78 is 42.1. The Balaban J connectivity index is 1.33. The Morgan fingerprint density at radius 1 is 1.03 bits per heavy atom. The van der Waals surface area contributed by atoms with Crippen molar-refractivity contribution < 1.29 is 17.6 Å². The molecule has 0 bridgehead atoms. The van der Waals surface area contributed by atoms with Crippen molar-refractivity contribution in [1.29, 1.82) is 0 Å². The summed E-state index contributed by atoms with van der Waals surface area (Å²) >= 11 is 0. The van der Waals surface area contributed by atoms with E-state index < -0.39 is 21.7 Å². The number of sulfonamides is 1. The minimum atomic E-state index is -3.65. The van der Waals surface area contributed by atoms with Crippen molar-refractivity contribution in [3.8, 4) is 11.3 Å². The highest BCUT2D eigenvalue weighted by molar-refractivity contribution is 7.89. The Morgan fingerprint density at radius 3 is 2.53 bits per heavy atom. The monoisotopic (exact) mass is 508 g/mol. The number of carbonyl (C=O) groups excluding carboxylic acids is 1. The first-order chi connectivity index (χ1) is 17.3. The molecule has 1 aliphatic rings. The van der Waals surface area contributed by atoms with Gasteiger partial charge in [0.2, 0.25) is 15.7 Å². The van der Waals surface area contributed by atoms with Gasteiger partial charge in [-0.25, -0.2) is 17.8 Å². The third-order valence-corrected chi connectivity index (χ3v) is 8.49. The predicted octanol–water partition coefficient (Wildman–Crippen LogP) is 4.36. The number of hydrogen-bond donors (Lipinski definition) is 2. The van der Waals surface area contributed by atoms with Gasteiger partial charge >= 0.3 is 0 Å². The molecule has 11 heteroatoms. The van der Waals surface area contributed by atoms with Gasteiger partial charge in [0.15, 0.2) is 0 Å². The van der Waals surface area contributed by atoms with Crippen LogP contribution in [0.4, 0.5) is 10.1 Å². The molecule has 36 heavy (non-hydrogen) atoms.